The van der Waals surface area contributed by atoms with Crippen molar-refractivity contribution >= 4 is 0 Å². The molecule has 0 bridgehead atoms. The molecule has 0 fully saturated rings. The SMILES string of the molecule is CC(C)OCCOCc1ccoc1CN. The van der Waals surface area contributed by atoms with Gasteiger partial charge < -0.3 is 19.6 Å². The zero-order valence-corrected chi connectivity index (χ0v) is 9.36. The molecule has 0 aliphatic rings. The number of ether oxygens (including phenoxy) is 2. The summed E-state index contributed by atoms with van der Waals surface area (Å²) in [5, 5.41) is 0. The van der Waals surface area contributed by atoms with Crippen molar-refractivity contribution in [1.29, 1.82) is 0 Å². The fourth-order valence-corrected chi connectivity index (χ4v) is 1.20. The van der Waals surface area contributed by atoms with E-state index in [-0.39, 0.29) is 6.10 Å². The Kier molecular flexibility index (Phi) is 5.39. The maximum absolute atomic E-state index is 5.49. The summed E-state index contributed by atoms with van der Waals surface area (Å²) in [4.78, 5) is 0. The minimum atomic E-state index is 0.252. The van der Waals surface area contributed by atoms with E-state index >= 15 is 0 Å². The van der Waals surface area contributed by atoms with E-state index in [1.165, 1.54) is 0 Å². The quantitative estimate of drug-likeness (QED) is 0.700. The maximum Gasteiger partial charge on any atom is 0.122 e. The average Bonchev–Trinajstić information content (AvgIpc) is 2.64. The summed E-state index contributed by atoms with van der Waals surface area (Å²) in [5.74, 6) is 0.791. The third-order valence-corrected chi connectivity index (χ3v) is 1.96. The Morgan fingerprint density at radius 3 is 2.87 bits per heavy atom. The van der Waals surface area contributed by atoms with Gasteiger partial charge >= 0.3 is 0 Å². The first-order valence-corrected chi connectivity index (χ1v) is 5.18. The van der Waals surface area contributed by atoms with E-state index in [1.54, 1.807) is 6.26 Å². The molecule has 0 unspecified atom stereocenters. The number of rotatable bonds is 7. The fourth-order valence-electron chi connectivity index (χ4n) is 1.20. The molecule has 1 aromatic heterocycles. The smallest absolute Gasteiger partial charge is 0.122 e. The lowest BCUT2D eigenvalue weighted by atomic mass is 10.2. The molecule has 0 saturated heterocycles. The molecule has 4 nitrogen and oxygen atoms in total. The first kappa shape index (κ1) is 12.2. The van der Waals surface area contributed by atoms with E-state index in [1.807, 2.05) is 19.9 Å². The van der Waals surface area contributed by atoms with Crippen LogP contribution >= 0.6 is 0 Å². The van der Waals surface area contributed by atoms with Crippen molar-refractivity contribution in [3.63, 3.8) is 0 Å². The van der Waals surface area contributed by atoms with Crippen molar-refractivity contribution in [3.05, 3.63) is 23.7 Å². The van der Waals surface area contributed by atoms with Crippen LogP contribution in [0.25, 0.3) is 0 Å². The molecule has 0 spiro atoms. The Morgan fingerprint density at radius 2 is 2.20 bits per heavy atom. The van der Waals surface area contributed by atoms with Crippen molar-refractivity contribution in [2.45, 2.75) is 33.1 Å². The molecular formula is C11H19NO3. The average molecular weight is 213 g/mol. The first-order chi connectivity index (χ1) is 7.24. The molecule has 0 aliphatic carbocycles. The van der Waals surface area contributed by atoms with Crippen LogP contribution in [0.4, 0.5) is 0 Å². The fraction of sp³-hybridized carbons (Fsp3) is 0.636. The molecule has 0 amide bonds. The third-order valence-electron chi connectivity index (χ3n) is 1.96. The zero-order chi connectivity index (χ0) is 11.1. The van der Waals surface area contributed by atoms with Gasteiger partial charge in [0.05, 0.1) is 38.7 Å². The second kappa shape index (κ2) is 6.61. The number of hydrogen-bond acceptors (Lipinski definition) is 4. The summed E-state index contributed by atoms with van der Waals surface area (Å²) in [5.41, 5.74) is 6.51. The highest BCUT2D eigenvalue weighted by Crippen LogP contribution is 2.10. The lowest BCUT2D eigenvalue weighted by Crippen LogP contribution is -2.10. The molecule has 2 N–H and O–H groups in total. The van der Waals surface area contributed by atoms with Crippen LogP contribution in [0, 0.1) is 0 Å². The summed E-state index contributed by atoms with van der Waals surface area (Å²) < 4.78 is 15.9. The van der Waals surface area contributed by atoms with E-state index in [2.05, 4.69) is 0 Å². The summed E-state index contributed by atoms with van der Waals surface area (Å²) in [7, 11) is 0. The number of furan rings is 1. The normalized spacial score (nSPS) is 11.2. The molecule has 0 aromatic carbocycles. The van der Waals surface area contributed by atoms with Gasteiger partial charge in [0, 0.05) is 5.56 Å². The largest absolute Gasteiger partial charge is 0.468 e. The van der Waals surface area contributed by atoms with E-state index in [4.69, 9.17) is 19.6 Å². The van der Waals surface area contributed by atoms with Crippen LogP contribution < -0.4 is 5.73 Å². The molecule has 1 heterocycles. The van der Waals surface area contributed by atoms with Gasteiger partial charge in [0.2, 0.25) is 0 Å². The lowest BCUT2D eigenvalue weighted by Gasteiger charge is -2.07. The predicted molar refractivity (Wildman–Crippen MR) is 57.3 cm³/mol. The zero-order valence-electron chi connectivity index (χ0n) is 9.36. The van der Waals surface area contributed by atoms with Crippen LogP contribution in [0.1, 0.15) is 25.2 Å². The molecule has 4 heteroatoms. The second-order valence-electron chi connectivity index (χ2n) is 3.55. The van der Waals surface area contributed by atoms with Gasteiger partial charge in [0.25, 0.3) is 0 Å². The molecule has 15 heavy (non-hydrogen) atoms. The van der Waals surface area contributed by atoms with Crippen molar-refractivity contribution in [3.8, 4) is 0 Å². The summed E-state index contributed by atoms with van der Waals surface area (Å²) in [6.45, 7) is 6.16. The topological polar surface area (TPSA) is 57.6 Å². The Hall–Kier alpha value is -0.840. The van der Waals surface area contributed by atoms with Crippen molar-refractivity contribution in [2.24, 2.45) is 5.73 Å². The van der Waals surface area contributed by atoms with Gasteiger partial charge in [0.15, 0.2) is 0 Å². The molecule has 0 radical (unpaired) electrons. The maximum atomic E-state index is 5.49. The van der Waals surface area contributed by atoms with Gasteiger partial charge in [-0.1, -0.05) is 0 Å². The Labute approximate surface area is 90.3 Å². The summed E-state index contributed by atoms with van der Waals surface area (Å²) in [6, 6.07) is 1.88. The highest BCUT2D eigenvalue weighted by atomic mass is 16.5. The lowest BCUT2D eigenvalue weighted by molar-refractivity contribution is 0.0140. The van der Waals surface area contributed by atoms with Gasteiger partial charge in [-0.15, -0.1) is 0 Å². The molecule has 1 aromatic rings. The van der Waals surface area contributed by atoms with Crippen LogP contribution in [0.15, 0.2) is 16.7 Å². The van der Waals surface area contributed by atoms with Crippen LogP contribution in [-0.2, 0) is 22.6 Å². The summed E-state index contributed by atoms with van der Waals surface area (Å²) in [6.07, 6.45) is 1.88. The molecule has 0 atom stereocenters. The summed E-state index contributed by atoms with van der Waals surface area (Å²) >= 11 is 0. The van der Waals surface area contributed by atoms with Gasteiger partial charge in [0.1, 0.15) is 5.76 Å². The highest BCUT2D eigenvalue weighted by Gasteiger charge is 2.03. The Bertz CT molecular complexity index is 271. The van der Waals surface area contributed by atoms with Gasteiger partial charge in [-0.3, -0.25) is 0 Å². The highest BCUT2D eigenvalue weighted by molar-refractivity contribution is 5.15. The number of hydrogen-bond donors (Lipinski definition) is 1. The van der Waals surface area contributed by atoms with E-state index < -0.39 is 0 Å². The molecule has 1 rings (SSSR count). The van der Waals surface area contributed by atoms with Crippen molar-refractivity contribution < 1.29 is 13.9 Å². The van der Waals surface area contributed by atoms with E-state index in [0.717, 1.165) is 11.3 Å². The molecule has 0 saturated carbocycles. The van der Waals surface area contributed by atoms with Crippen LogP contribution in [-0.4, -0.2) is 19.3 Å². The second-order valence-corrected chi connectivity index (χ2v) is 3.55. The van der Waals surface area contributed by atoms with Crippen molar-refractivity contribution in [2.75, 3.05) is 13.2 Å². The van der Waals surface area contributed by atoms with E-state index in [9.17, 15) is 0 Å². The predicted octanol–water partition coefficient (Wildman–Crippen LogP) is 1.68. The molecule has 0 aliphatic heterocycles. The van der Waals surface area contributed by atoms with Crippen molar-refractivity contribution in [1.82, 2.24) is 0 Å². The van der Waals surface area contributed by atoms with Crippen LogP contribution in [0.5, 0.6) is 0 Å². The Morgan fingerprint density at radius 1 is 1.40 bits per heavy atom. The minimum absolute atomic E-state index is 0.252. The van der Waals surface area contributed by atoms with Gasteiger partial charge in [-0.25, -0.2) is 0 Å². The van der Waals surface area contributed by atoms with E-state index in [0.29, 0.717) is 26.4 Å². The minimum Gasteiger partial charge on any atom is -0.468 e. The molecule has 86 valence electrons. The Balaban J connectivity index is 2.15. The van der Waals surface area contributed by atoms with Crippen LogP contribution in [0.2, 0.25) is 0 Å². The third kappa shape index (κ3) is 4.46. The standard InChI is InChI=1S/C11H19NO3/c1-9(2)14-6-5-13-8-10-3-4-15-11(10)7-12/h3-4,9H,5-8,12H2,1-2H3. The first-order valence-electron chi connectivity index (χ1n) is 5.18. The monoisotopic (exact) mass is 213 g/mol. The molecular weight excluding hydrogens is 194 g/mol. The number of nitrogens with two attached hydrogens (primary N) is 1. The van der Waals surface area contributed by atoms with Crippen LogP contribution in [0.3, 0.4) is 0 Å². The van der Waals surface area contributed by atoms with Gasteiger partial charge in [-0.2, -0.15) is 0 Å². The van der Waals surface area contributed by atoms with Gasteiger partial charge in [-0.05, 0) is 19.9 Å².